The SMILES string of the molecule is NC(N)=N[C@H](COCCCCCCCCOc1ccc(OCc2ccccc2)cc1)c1ccccc1. The fourth-order valence-corrected chi connectivity index (χ4v) is 3.83. The number of hydrogen-bond acceptors (Lipinski definition) is 4. The van der Waals surface area contributed by atoms with Crippen molar-refractivity contribution in [2.45, 2.75) is 51.2 Å². The van der Waals surface area contributed by atoms with Crippen LogP contribution < -0.4 is 20.9 Å². The molecule has 0 unspecified atom stereocenters. The number of hydrogen-bond donors (Lipinski definition) is 2. The smallest absolute Gasteiger partial charge is 0.186 e. The number of guanidine groups is 1. The molecule has 0 spiro atoms. The van der Waals surface area contributed by atoms with Crippen LogP contribution in [0, 0.1) is 0 Å². The zero-order valence-corrected chi connectivity index (χ0v) is 21.1. The highest BCUT2D eigenvalue weighted by Gasteiger charge is 2.10. The van der Waals surface area contributed by atoms with E-state index >= 15 is 0 Å². The van der Waals surface area contributed by atoms with E-state index in [2.05, 4.69) is 17.1 Å². The van der Waals surface area contributed by atoms with E-state index in [1.807, 2.05) is 72.8 Å². The lowest BCUT2D eigenvalue weighted by atomic mass is 10.1. The van der Waals surface area contributed by atoms with Gasteiger partial charge in [0.1, 0.15) is 24.1 Å². The molecule has 3 rings (SSSR count). The van der Waals surface area contributed by atoms with Crippen molar-refractivity contribution in [2.24, 2.45) is 16.5 Å². The minimum Gasteiger partial charge on any atom is -0.494 e. The standard InChI is InChI=1S/C30H39N3O3/c31-30(32)33-29(26-15-9-6-10-16-26)24-34-21-11-3-1-2-4-12-22-35-27-17-19-28(20-18-27)36-23-25-13-7-5-8-14-25/h5-10,13-20,29H,1-4,11-12,21-24H2,(H4,31,32,33)/t29-/m1/s1. The third kappa shape index (κ3) is 10.8. The van der Waals surface area contributed by atoms with Crippen LogP contribution in [-0.2, 0) is 11.3 Å². The van der Waals surface area contributed by atoms with E-state index < -0.39 is 0 Å². The molecule has 192 valence electrons. The van der Waals surface area contributed by atoms with Gasteiger partial charge in [-0.1, -0.05) is 86.3 Å². The largest absolute Gasteiger partial charge is 0.494 e. The summed E-state index contributed by atoms with van der Waals surface area (Å²) in [5, 5.41) is 0. The average molecular weight is 490 g/mol. The van der Waals surface area contributed by atoms with Gasteiger partial charge < -0.3 is 25.7 Å². The Morgan fingerprint density at radius 3 is 1.83 bits per heavy atom. The van der Waals surface area contributed by atoms with E-state index in [-0.39, 0.29) is 12.0 Å². The minimum absolute atomic E-state index is 0.0845. The second-order valence-corrected chi connectivity index (χ2v) is 8.77. The van der Waals surface area contributed by atoms with Crippen LogP contribution in [0.25, 0.3) is 0 Å². The summed E-state index contributed by atoms with van der Waals surface area (Å²) in [7, 11) is 0. The van der Waals surface area contributed by atoms with Gasteiger partial charge in [0, 0.05) is 6.61 Å². The highest BCUT2D eigenvalue weighted by Crippen LogP contribution is 2.20. The van der Waals surface area contributed by atoms with Crippen molar-refractivity contribution in [3.8, 4) is 11.5 Å². The maximum atomic E-state index is 5.87. The highest BCUT2D eigenvalue weighted by atomic mass is 16.5. The topological polar surface area (TPSA) is 92.1 Å². The molecule has 0 fully saturated rings. The van der Waals surface area contributed by atoms with Crippen molar-refractivity contribution < 1.29 is 14.2 Å². The second kappa shape index (κ2) is 16.2. The molecule has 3 aromatic carbocycles. The number of ether oxygens (including phenoxy) is 3. The molecule has 0 aliphatic carbocycles. The normalized spacial score (nSPS) is 11.6. The van der Waals surface area contributed by atoms with Crippen molar-refractivity contribution in [1.29, 1.82) is 0 Å². The molecular formula is C30H39N3O3. The summed E-state index contributed by atoms with van der Waals surface area (Å²) in [6.45, 7) is 2.51. The predicted molar refractivity (Wildman–Crippen MR) is 146 cm³/mol. The molecule has 4 N–H and O–H groups in total. The first-order valence-electron chi connectivity index (χ1n) is 12.8. The van der Waals surface area contributed by atoms with Crippen molar-refractivity contribution in [2.75, 3.05) is 19.8 Å². The van der Waals surface area contributed by atoms with Crippen LogP contribution in [0.4, 0.5) is 0 Å². The molecule has 6 heteroatoms. The first kappa shape index (κ1) is 27.1. The zero-order valence-electron chi connectivity index (χ0n) is 21.1. The van der Waals surface area contributed by atoms with Crippen molar-refractivity contribution in [3.05, 3.63) is 96.1 Å². The first-order chi connectivity index (χ1) is 17.7. The van der Waals surface area contributed by atoms with Gasteiger partial charge in [0.05, 0.1) is 13.2 Å². The van der Waals surface area contributed by atoms with Crippen LogP contribution in [0.3, 0.4) is 0 Å². The Bertz CT molecular complexity index is 991. The lowest BCUT2D eigenvalue weighted by Gasteiger charge is -2.14. The Morgan fingerprint density at radius 1 is 0.639 bits per heavy atom. The molecule has 0 aliphatic rings. The summed E-state index contributed by atoms with van der Waals surface area (Å²) in [4.78, 5) is 4.30. The summed E-state index contributed by atoms with van der Waals surface area (Å²) >= 11 is 0. The third-order valence-electron chi connectivity index (χ3n) is 5.79. The molecule has 0 amide bonds. The molecule has 3 aromatic rings. The van der Waals surface area contributed by atoms with Gasteiger partial charge in [0.25, 0.3) is 0 Å². The number of unbranched alkanes of at least 4 members (excludes halogenated alkanes) is 5. The van der Waals surface area contributed by atoms with E-state index in [9.17, 15) is 0 Å². The van der Waals surface area contributed by atoms with E-state index in [0.29, 0.717) is 13.2 Å². The summed E-state index contributed by atoms with van der Waals surface area (Å²) in [6.07, 6.45) is 6.82. The van der Waals surface area contributed by atoms with Gasteiger partial charge in [-0.3, -0.25) is 0 Å². The van der Waals surface area contributed by atoms with E-state index in [4.69, 9.17) is 25.7 Å². The average Bonchev–Trinajstić information content (AvgIpc) is 2.91. The lowest BCUT2D eigenvalue weighted by Crippen LogP contribution is -2.24. The predicted octanol–water partition coefficient (Wildman–Crippen LogP) is 6.02. The second-order valence-electron chi connectivity index (χ2n) is 8.77. The number of benzene rings is 3. The van der Waals surface area contributed by atoms with E-state index in [1.165, 1.54) is 19.3 Å². The fourth-order valence-electron chi connectivity index (χ4n) is 3.83. The quantitative estimate of drug-likeness (QED) is 0.137. The maximum absolute atomic E-state index is 5.87. The van der Waals surface area contributed by atoms with Crippen molar-refractivity contribution >= 4 is 5.96 Å². The molecule has 0 bridgehead atoms. The van der Waals surface area contributed by atoms with Crippen LogP contribution in [0.2, 0.25) is 0 Å². The molecule has 0 radical (unpaired) electrons. The molecule has 36 heavy (non-hydrogen) atoms. The van der Waals surface area contributed by atoms with Crippen LogP contribution >= 0.6 is 0 Å². The molecule has 0 saturated heterocycles. The molecule has 0 aliphatic heterocycles. The number of nitrogens with zero attached hydrogens (tertiary/aromatic N) is 1. The molecule has 0 saturated carbocycles. The Kier molecular flexibility index (Phi) is 12.2. The van der Waals surface area contributed by atoms with Crippen molar-refractivity contribution in [3.63, 3.8) is 0 Å². The molecule has 0 aromatic heterocycles. The summed E-state index contributed by atoms with van der Waals surface area (Å²) in [6, 6.07) is 27.8. The minimum atomic E-state index is -0.158. The van der Waals surface area contributed by atoms with Gasteiger partial charge in [0.2, 0.25) is 0 Å². The van der Waals surface area contributed by atoms with Crippen LogP contribution in [-0.4, -0.2) is 25.8 Å². The Balaban J connectivity index is 1.18. The Labute approximate surface area is 215 Å². The van der Waals surface area contributed by atoms with Gasteiger partial charge in [0.15, 0.2) is 5.96 Å². The maximum Gasteiger partial charge on any atom is 0.186 e. The van der Waals surface area contributed by atoms with Gasteiger partial charge in [-0.25, -0.2) is 4.99 Å². The van der Waals surface area contributed by atoms with Gasteiger partial charge >= 0.3 is 0 Å². The molecule has 1 atom stereocenters. The number of aliphatic imine (C=N–C) groups is 1. The van der Waals surface area contributed by atoms with Gasteiger partial charge in [-0.05, 0) is 48.2 Å². The zero-order chi connectivity index (χ0) is 25.3. The molecular weight excluding hydrogens is 450 g/mol. The molecule has 0 heterocycles. The monoisotopic (exact) mass is 489 g/mol. The van der Waals surface area contributed by atoms with Crippen LogP contribution in [0.1, 0.15) is 55.7 Å². The fraction of sp³-hybridized carbons (Fsp3) is 0.367. The van der Waals surface area contributed by atoms with Gasteiger partial charge in [-0.2, -0.15) is 0 Å². The number of nitrogens with two attached hydrogens (primary N) is 2. The lowest BCUT2D eigenvalue weighted by molar-refractivity contribution is 0.117. The van der Waals surface area contributed by atoms with E-state index in [1.54, 1.807) is 0 Å². The van der Waals surface area contributed by atoms with Crippen LogP contribution in [0.15, 0.2) is 89.9 Å². The Morgan fingerprint density at radius 2 is 1.19 bits per heavy atom. The van der Waals surface area contributed by atoms with E-state index in [0.717, 1.165) is 55.1 Å². The number of rotatable bonds is 17. The van der Waals surface area contributed by atoms with Gasteiger partial charge in [-0.15, -0.1) is 0 Å². The summed E-state index contributed by atoms with van der Waals surface area (Å²) < 4.78 is 17.5. The summed E-state index contributed by atoms with van der Waals surface area (Å²) in [5.41, 5.74) is 13.4. The van der Waals surface area contributed by atoms with Crippen LogP contribution in [0.5, 0.6) is 11.5 Å². The third-order valence-corrected chi connectivity index (χ3v) is 5.79. The highest BCUT2D eigenvalue weighted by molar-refractivity contribution is 5.76. The first-order valence-corrected chi connectivity index (χ1v) is 12.8. The summed E-state index contributed by atoms with van der Waals surface area (Å²) in [5.74, 6) is 1.82. The van der Waals surface area contributed by atoms with Crippen molar-refractivity contribution in [1.82, 2.24) is 0 Å². The Hall–Kier alpha value is -3.51. The molecule has 6 nitrogen and oxygen atoms in total.